The van der Waals surface area contributed by atoms with Crippen molar-refractivity contribution < 1.29 is 14.2 Å². The van der Waals surface area contributed by atoms with Gasteiger partial charge in [-0.2, -0.15) is 0 Å². The van der Waals surface area contributed by atoms with Crippen molar-refractivity contribution in [3.63, 3.8) is 0 Å². The van der Waals surface area contributed by atoms with Crippen LogP contribution in [0, 0.1) is 5.82 Å². The number of benzene rings is 2. The van der Waals surface area contributed by atoms with E-state index in [4.69, 9.17) is 4.74 Å². The van der Waals surface area contributed by atoms with Gasteiger partial charge in [0.05, 0.1) is 6.10 Å². The molecule has 1 N–H and O–H groups in total. The molecule has 0 radical (unpaired) electrons. The Labute approximate surface area is 120 Å². The van der Waals surface area contributed by atoms with Gasteiger partial charge in [0.2, 0.25) is 0 Å². The lowest BCUT2D eigenvalue weighted by Gasteiger charge is -2.13. The minimum absolute atomic E-state index is 0.374. The molecular weight excluding hydrogens is 311 g/mol. The molecule has 1 atom stereocenters. The molecule has 2 aromatic carbocycles. The molecular formula is C15H14BrFO2. The third-order valence-electron chi connectivity index (χ3n) is 2.73. The summed E-state index contributed by atoms with van der Waals surface area (Å²) in [5, 5.41) is 9.61. The van der Waals surface area contributed by atoms with Gasteiger partial charge in [0.1, 0.15) is 18.2 Å². The monoisotopic (exact) mass is 324 g/mol. The summed E-state index contributed by atoms with van der Waals surface area (Å²) in [6.07, 6.45) is -0.768. The van der Waals surface area contributed by atoms with Gasteiger partial charge in [0.15, 0.2) is 0 Å². The van der Waals surface area contributed by atoms with E-state index in [1.54, 1.807) is 6.92 Å². The van der Waals surface area contributed by atoms with Gasteiger partial charge in [-0.25, -0.2) is 4.39 Å². The zero-order valence-electron chi connectivity index (χ0n) is 10.4. The van der Waals surface area contributed by atoms with Crippen molar-refractivity contribution in [2.24, 2.45) is 0 Å². The molecule has 4 heteroatoms. The number of hydrogen-bond donors (Lipinski definition) is 1. The fourth-order valence-corrected chi connectivity index (χ4v) is 1.98. The Morgan fingerprint density at radius 2 is 1.89 bits per heavy atom. The fraction of sp³-hybridized carbons (Fsp3) is 0.200. The topological polar surface area (TPSA) is 29.5 Å². The van der Waals surface area contributed by atoms with Crippen molar-refractivity contribution in [1.29, 1.82) is 0 Å². The summed E-state index contributed by atoms with van der Waals surface area (Å²) in [7, 11) is 0. The van der Waals surface area contributed by atoms with Gasteiger partial charge < -0.3 is 9.84 Å². The van der Waals surface area contributed by atoms with E-state index in [0.29, 0.717) is 17.9 Å². The molecule has 0 bridgehead atoms. The van der Waals surface area contributed by atoms with E-state index < -0.39 is 6.10 Å². The third kappa shape index (κ3) is 3.78. The second-order valence-electron chi connectivity index (χ2n) is 4.27. The van der Waals surface area contributed by atoms with Crippen LogP contribution in [0.1, 0.15) is 24.2 Å². The van der Waals surface area contributed by atoms with E-state index in [1.165, 1.54) is 18.2 Å². The van der Waals surface area contributed by atoms with Crippen molar-refractivity contribution >= 4 is 15.9 Å². The van der Waals surface area contributed by atoms with Crippen LogP contribution in [0.2, 0.25) is 0 Å². The van der Waals surface area contributed by atoms with Crippen LogP contribution in [0.3, 0.4) is 0 Å². The summed E-state index contributed by atoms with van der Waals surface area (Å²) < 4.78 is 19.8. The van der Waals surface area contributed by atoms with Gasteiger partial charge in [-0.3, -0.25) is 0 Å². The largest absolute Gasteiger partial charge is 0.489 e. The van der Waals surface area contributed by atoms with Crippen LogP contribution < -0.4 is 4.74 Å². The molecule has 0 aromatic heterocycles. The zero-order chi connectivity index (χ0) is 13.8. The van der Waals surface area contributed by atoms with Gasteiger partial charge in [-0.1, -0.05) is 28.1 Å². The lowest BCUT2D eigenvalue weighted by molar-refractivity contribution is 0.189. The molecule has 0 aliphatic carbocycles. The van der Waals surface area contributed by atoms with E-state index in [2.05, 4.69) is 15.9 Å². The lowest BCUT2D eigenvalue weighted by atomic mass is 10.1. The smallest absolute Gasteiger partial charge is 0.125 e. The predicted octanol–water partition coefficient (Wildman–Crippen LogP) is 4.22. The highest BCUT2D eigenvalue weighted by molar-refractivity contribution is 9.10. The van der Waals surface area contributed by atoms with Crippen molar-refractivity contribution in [3.05, 3.63) is 63.9 Å². The molecule has 0 saturated carbocycles. The maximum absolute atomic E-state index is 13.1. The number of ether oxygens (including phenoxy) is 1. The van der Waals surface area contributed by atoms with E-state index in [-0.39, 0.29) is 5.82 Å². The van der Waals surface area contributed by atoms with E-state index >= 15 is 0 Å². The average molecular weight is 325 g/mol. The SMILES string of the molecule is C[C@@H](O)c1cc(F)ccc1OCc1ccc(Br)cc1. The predicted molar refractivity (Wildman–Crippen MR) is 75.5 cm³/mol. The minimum Gasteiger partial charge on any atom is -0.489 e. The van der Waals surface area contributed by atoms with Crippen molar-refractivity contribution in [2.75, 3.05) is 0 Å². The normalized spacial score (nSPS) is 12.2. The van der Waals surface area contributed by atoms with Gasteiger partial charge >= 0.3 is 0 Å². The van der Waals surface area contributed by atoms with Crippen molar-refractivity contribution in [1.82, 2.24) is 0 Å². The van der Waals surface area contributed by atoms with Crippen LogP contribution in [0.5, 0.6) is 5.75 Å². The third-order valence-corrected chi connectivity index (χ3v) is 3.26. The van der Waals surface area contributed by atoms with Gasteiger partial charge in [-0.15, -0.1) is 0 Å². The number of aliphatic hydroxyl groups is 1. The molecule has 0 aliphatic rings. The van der Waals surface area contributed by atoms with Crippen LogP contribution in [0.4, 0.5) is 4.39 Å². The summed E-state index contributed by atoms with van der Waals surface area (Å²) >= 11 is 3.36. The Bertz CT molecular complexity index is 553. The number of rotatable bonds is 4. The first-order chi connectivity index (χ1) is 9.06. The molecule has 0 amide bonds. The number of halogens is 2. The summed E-state index contributed by atoms with van der Waals surface area (Å²) in [5.41, 5.74) is 1.46. The molecule has 0 aliphatic heterocycles. The molecule has 2 aromatic rings. The Kier molecular flexibility index (Phi) is 4.56. The summed E-state index contributed by atoms with van der Waals surface area (Å²) in [5.74, 6) is 0.117. The summed E-state index contributed by atoms with van der Waals surface area (Å²) in [4.78, 5) is 0. The number of aliphatic hydroxyl groups excluding tert-OH is 1. The van der Waals surface area contributed by atoms with Crippen LogP contribution in [-0.4, -0.2) is 5.11 Å². The first-order valence-electron chi connectivity index (χ1n) is 5.91. The molecule has 0 spiro atoms. The maximum atomic E-state index is 13.1. The van der Waals surface area contributed by atoms with Gasteiger partial charge in [-0.05, 0) is 42.8 Å². The summed E-state index contributed by atoms with van der Waals surface area (Å²) in [6, 6.07) is 11.9. The average Bonchev–Trinajstić information content (AvgIpc) is 2.39. The van der Waals surface area contributed by atoms with Crippen molar-refractivity contribution in [3.8, 4) is 5.75 Å². The molecule has 0 saturated heterocycles. The highest BCUT2D eigenvalue weighted by Crippen LogP contribution is 2.26. The van der Waals surface area contributed by atoms with Crippen LogP contribution in [0.25, 0.3) is 0 Å². The van der Waals surface area contributed by atoms with Gasteiger partial charge in [0, 0.05) is 10.0 Å². The van der Waals surface area contributed by atoms with Crippen LogP contribution in [-0.2, 0) is 6.61 Å². The van der Waals surface area contributed by atoms with E-state index in [1.807, 2.05) is 24.3 Å². The van der Waals surface area contributed by atoms with E-state index in [0.717, 1.165) is 10.0 Å². The maximum Gasteiger partial charge on any atom is 0.125 e. The van der Waals surface area contributed by atoms with Gasteiger partial charge in [0.25, 0.3) is 0 Å². The Hall–Kier alpha value is -1.39. The zero-order valence-corrected chi connectivity index (χ0v) is 12.0. The van der Waals surface area contributed by atoms with Crippen LogP contribution in [0.15, 0.2) is 46.9 Å². The molecule has 0 fully saturated rings. The Morgan fingerprint density at radius 1 is 1.21 bits per heavy atom. The summed E-state index contributed by atoms with van der Waals surface area (Å²) in [6.45, 7) is 1.96. The highest BCUT2D eigenvalue weighted by Gasteiger charge is 2.10. The molecule has 100 valence electrons. The highest BCUT2D eigenvalue weighted by atomic mass is 79.9. The van der Waals surface area contributed by atoms with E-state index in [9.17, 15) is 9.50 Å². The molecule has 0 unspecified atom stereocenters. The number of hydrogen-bond acceptors (Lipinski definition) is 2. The molecule has 2 nitrogen and oxygen atoms in total. The minimum atomic E-state index is -0.768. The molecule has 19 heavy (non-hydrogen) atoms. The first-order valence-corrected chi connectivity index (χ1v) is 6.70. The fourth-order valence-electron chi connectivity index (χ4n) is 1.72. The second-order valence-corrected chi connectivity index (χ2v) is 5.19. The first kappa shape index (κ1) is 14.0. The lowest BCUT2D eigenvalue weighted by Crippen LogP contribution is -2.01. The van der Waals surface area contributed by atoms with Crippen LogP contribution >= 0.6 is 15.9 Å². The second kappa shape index (κ2) is 6.17. The van der Waals surface area contributed by atoms with Crippen molar-refractivity contribution in [2.45, 2.75) is 19.6 Å². The standard InChI is InChI=1S/C15H14BrFO2/c1-10(18)14-8-13(17)6-7-15(14)19-9-11-2-4-12(16)5-3-11/h2-8,10,18H,9H2,1H3/t10-/m1/s1. The quantitative estimate of drug-likeness (QED) is 0.912. The Morgan fingerprint density at radius 3 is 2.53 bits per heavy atom. The molecule has 0 heterocycles. The Balaban J connectivity index is 2.13. The molecule has 2 rings (SSSR count).